The first-order valence-corrected chi connectivity index (χ1v) is 8.46. The van der Waals surface area contributed by atoms with Crippen LogP contribution in [0.15, 0.2) is 60.7 Å². The number of rotatable bonds is 7. The van der Waals surface area contributed by atoms with E-state index in [0.29, 0.717) is 0 Å². The number of hydrogen-bond donors (Lipinski definition) is 0. The van der Waals surface area contributed by atoms with E-state index < -0.39 is 5.41 Å². The van der Waals surface area contributed by atoms with Crippen molar-refractivity contribution in [3.63, 3.8) is 0 Å². The fraction of sp³-hybridized carbons (Fsp3) is 0.381. The molecule has 2 aromatic rings. The molecular formula is C21H27N2+. The van der Waals surface area contributed by atoms with Gasteiger partial charge in [0.15, 0.2) is 0 Å². The van der Waals surface area contributed by atoms with Crippen LogP contribution in [0.5, 0.6) is 0 Å². The predicted octanol–water partition coefficient (Wildman–Crippen LogP) is 4.37. The van der Waals surface area contributed by atoms with Gasteiger partial charge in [-0.1, -0.05) is 60.7 Å². The van der Waals surface area contributed by atoms with Crippen molar-refractivity contribution in [2.75, 3.05) is 26.7 Å². The van der Waals surface area contributed by atoms with E-state index >= 15 is 0 Å². The molecule has 120 valence electrons. The summed E-state index contributed by atoms with van der Waals surface area (Å²) in [5.41, 5.74) is 1.60. The summed E-state index contributed by atoms with van der Waals surface area (Å²) in [6, 6.07) is 23.1. The van der Waals surface area contributed by atoms with Crippen LogP contribution in [0.4, 0.5) is 0 Å². The molecule has 0 saturated carbocycles. The second kappa shape index (κ2) is 7.44. The van der Waals surface area contributed by atoms with Gasteiger partial charge in [0.05, 0.1) is 32.8 Å². The number of benzene rings is 2. The molecule has 2 nitrogen and oxygen atoms in total. The molecule has 2 aromatic carbocycles. The molecule has 23 heavy (non-hydrogen) atoms. The number of nitriles is 1. The molecule has 0 bridgehead atoms. The molecule has 0 atom stereocenters. The Hall–Kier alpha value is -2.11. The summed E-state index contributed by atoms with van der Waals surface area (Å²) in [5, 5.41) is 10.2. The van der Waals surface area contributed by atoms with Crippen molar-refractivity contribution in [2.24, 2.45) is 0 Å². The molecule has 2 heteroatoms. The van der Waals surface area contributed by atoms with E-state index in [0.717, 1.165) is 41.7 Å². The minimum atomic E-state index is -0.577. The molecular weight excluding hydrogens is 280 g/mol. The van der Waals surface area contributed by atoms with E-state index in [2.05, 4.69) is 51.2 Å². The van der Waals surface area contributed by atoms with Gasteiger partial charge in [0.2, 0.25) is 0 Å². The molecule has 0 fully saturated rings. The topological polar surface area (TPSA) is 23.8 Å². The lowest BCUT2D eigenvalue weighted by Gasteiger charge is -2.36. The Bertz CT molecular complexity index is 597. The van der Waals surface area contributed by atoms with Crippen molar-refractivity contribution < 1.29 is 4.48 Å². The highest BCUT2D eigenvalue weighted by atomic mass is 15.3. The summed E-state index contributed by atoms with van der Waals surface area (Å²) in [4.78, 5) is 0. The minimum absolute atomic E-state index is 0.577. The van der Waals surface area contributed by atoms with E-state index in [1.165, 1.54) is 0 Å². The first kappa shape index (κ1) is 17.2. The van der Waals surface area contributed by atoms with E-state index in [-0.39, 0.29) is 0 Å². The summed E-state index contributed by atoms with van der Waals surface area (Å²) in [5.74, 6) is 0. The molecule has 0 radical (unpaired) electrons. The van der Waals surface area contributed by atoms with Gasteiger partial charge in [-0.3, -0.25) is 0 Å². The molecule has 0 heterocycles. The summed E-state index contributed by atoms with van der Waals surface area (Å²) in [7, 11) is 2.28. The zero-order chi connectivity index (χ0) is 16.8. The maximum absolute atomic E-state index is 10.2. The van der Waals surface area contributed by atoms with E-state index in [9.17, 15) is 5.26 Å². The summed E-state index contributed by atoms with van der Waals surface area (Å²) >= 11 is 0. The summed E-state index contributed by atoms with van der Waals surface area (Å²) in [6.45, 7) is 7.61. The zero-order valence-corrected chi connectivity index (χ0v) is 14.5. The third-order valence-corrected chi connectivity index (χ3v) is 5.28. The van der Waals surface area contributed by atoms with Gasteiger partial charge in [-0.2, -0.15) is 5.26 Å². The smallest absolute Gasteiger partial charge is 0.112 e. The highest BCUT2D eigenvalue weighted by Crippen LogP contribution is 2.35. The van der Waals surface area contributed by atoms with Crippen molar-refractivity contribution >= 4 is 0 Å². The largest absolute Gasteiger partial charge is 0.326 e. The van der Waals surface area contributed by atoms with Gasteiger partial charge in [-0.25, -0.2) is 0 Å². The van der Waals surface area contributed by atoms with Crippen LogP contribution in [-0.4, -0.2) is 31.2 Å². The first-order valence-electron chi connectivity index (χ1n) is 8.46. The van der Waals surface area contributed by atoms with Gasteiger partial charge in [0.1, 0.15) is 5.41 Å². The van der Waals surface area contributed by atoms with E-state index in [1.54, 1.807) is 0 Å². The van der Waals surface area contributed by atoms with Crippen LogP contribution in [-0.2, 0) is 5.41 Å². The molecule has 0 amide bonds. The predicted molar refractivity (Wildman–Crippen MR) is 96.0 cm³/mol. The van der Waals surface area contributed by atoms with Crippen LogP contribution in [0, 0.1) is 11.3 Å². The maximum atomic E-state index is 10.2. The Morgan fingerprint density at radius 1 is 0.870 bits per heavy atom. The lowest BCUT2D eigenvalue weighted by molar-refractivity contribution is -0.906. The Labute approximate surface area is 140 Å². The Morgan fingerprint density at radius 3 is 1.65 bits per heavy atom. The fourth-order valence-electron chi connectivity index (χ4n) is 3.06. The van der Waals surface area contributed by atoms with Gasteiger partial charge in [0.25, 0.3) is 0 Å². The average molecular weight is 307 g/mol. The van der Waals surface area contributed by atoms with Crippen LogP contribution in [0.1, 0.15) is 31.4 Å². The van der Waals surface area contributed by atoms with E-state index in [4.69, 9.17) is 0 Å². The second-order valence-corrected chi connectivity index (χ2v) is 6.47. The molecule has 0 aliphatic rings. The highest BCUT2D eigenvalue weighted by molar-refractivity contribution is 5.45. The first-order chi connectivity index (χ1) is 11.1. The normalized spacial score (nSPS) is 11.9. The molecule has 0 saturated heterocycles. The van der Waals surface area contributed by atoms with Crippen LogP contribution in [0.2, 0.25) is 0 Å². The van der Waals surface area contributed by atoms with Crippen molar-refractivity contribution in [1.82, 2.24) is 0 Å². The van der Waals surface area contributed by atoms with Gasteiger partial charge in [-0.05, 0) is 25.0 Å². The highest BCUT2D eigenvalue weighted by Gasteiger charge is 2.36. The summed E-state index contributed by atoms with van der Waals surface area (Å²) < 4.78 is 0.989. The van der Waals surface area contributed by atoms with Gasteiger partial charge in [-0.15, -0.1) is 0 Å². The third-order valence-electron chi connectivity index (χ3n) is 5.28. The monoisotopic (exact) mass is 307 g/mol. The molecule has 0 aromatic heterocycles. The molecule has 0 aliphatic heterocycles. The van der Waals surface area contributed by atoms with Crippen LogP contribution in [0.3, 0.4) is 0 Å². The second-order valence-electron chi connectivity index (χ2n) is 6.47. The SMILES string of the molecule is CC[N+](C)(CC)CCC(C#N)(c1ccccc1)c1ccccc1. The molecule has 0 aliphatic carbocycles. The van der Waals surface area contributed by atoms with Crippen molar-refractivity contribution in [3.05, 3.63) is 71.8 Å². The maximum Gasteiger partial charge on any atom is 0.112 e. The lowest BCUT2D eigenvalue weighted by atomic mass is 9.73. The fourth-order valence-corrected chi connectivity index (χ4v) is 3.06. The third kappa shape index (κ3) is 3.63. The Balaban J connectivity index is 2.46. The average Bonchev–Trinajstić information content (AvgIpc) is 2.64. The van der Waals surface area contributed by atoms with Crippen molar-refractivity contribution in [3.8, 4) is 6.07 Å². The molecule has 2 rings (SSSR count). The summed E-state index contributed by atoms with van der Waals surface area (Å²) in [6.07, 6.45) is 0.829. The van der Waals surface area contributed by atoms with Crippen molar-refractivity contribution in [1.29, 1.82) is 5.26 Å². The van der Waals surface area contributed by atoms with E-state index in [1.807, 2.05) is 36.4 Å². The lowest BCUT2D eigenvalue weighted by Crippen LogP contribution is -2.46. The van der Waals surface area contributed by atoms with Crippen LogP contribution >= 0.6 is 0 Å². The molecule has 0 unspecified atom stereocenters. The molecule has 0 spiro atoms. The number of nitrogens with zero attached hydrogens (tertiary/aromatic N) is 2. The molecule has 0 N–H and O–H groups in total. The van der Waals surface area contributed by atoms with Crippen LogP contribution in [0.25, 0.3) is 0 Å². The van der Waals surface area contributed by atoms with Crippen LogP contribution < -0.4 is 0 Å². The quantitative estimate of drug-likeness (QED) is 0.697. The number of hydrogen-bond acceptors (Lipinski definition) is 1. The Kier molecular flexibility index (Phi) is 5.58. The zero-order valence-electron chi connectivity index (χ0n) is 14.5. The number of quaternary nitrogens is 1. The minimum Gasteiger partial charge on any atom is -0.326 e. The standard InChI is InChI=1S/C21H27N2/c1-4-23(3,5-2)17-16-21(18-22,19-12-8-6-9-13-19)20-14-10-7-11-15-20/h6-15H,4-5,16-17H2,1-3H3/q+1. The Morgan fingerprint density at radius 2 is 1.30 bits per heavy atom. The van der Waals surface area contributed by atoms with Gasteiger partial charge < -0.3 is 4.48 Å². The van der Waals surface area contributed by atoms with Crippen molar-refractivity contribution in [2.45, 2.75) is 25.7 Å². The van der Waals surface area contributed by atoms with Gasteiger partial charge in [0, 0.05) is 6.42 Å². The van der Waals surface area contributed by atoms with Gasteiger partial charge >= 0.3 is 0 Å².